The number of rotatable bonds is 4. The topological polar surface area (TPSA) is 50.9 Å². The number of aromatic nitrogens is 1. The number of halogens is 5. The quantitative estimate of drug-likeness (QED) is 0.299. The van der Waals surface area contributed by atoms with Crippen LogP contribution < -0.4 is 11.3 Å². The fourth-order valence-corrected chi connectivity index (χ4v) is 2.51. The summed E-state index contributed by atoms with van der Waals surface area (Å²) in [5.74, 6) is -4.82. The minimum Gasteiger partial charge on any atom is -0.271 e. The normalized spacial score (nSPS) is 12.7. The highest BCUT2D eigenvalue weighted by Gasteiger charge is 2.30. The molecule has 1 aromatic carbocycles. The number of aryl methyl sites for hydroxylation is 1. The van der Waals surface area contributed by atoms with Gasteiger partial charge in [0.2, 0.25) is 5.82 Å². The predicted octanol–water partition coefficient (Wildman–Crippen LogP) is 2.89. The maximum absolute atomic E-state index is 13.7. The summed E-state index contributed by atoms with van der Waals surface area (Å²) in [6.07, 6.45) is -0.112. The monoisotopic (exact) mass is 323 g/mol. The summed E-state index contributed by atoms with van der Waals surface area (Å²) in [5.41, 5.74) is 1.49. The molecule has 0 saturated carbocycles. The Hall–Kier alpha value is -1.58. The third-order valence-corrected chi connectivity index (χ3v) is 3.70. The molecule has 9 heteroatoms. The molecular formula is C12H10F5N3S. The number of nitrogens with zero attached hydrogens (tertiary/aromatic N) is 1. The molecule has 0 fully saturated rings. The second-order valence-electron chi connectivity index (χ2n) is 4.26. The van der Waals surface area contributed by atoms with Crippen LogP contribution in [0.15, 0.2) is 5.38 Å². The first-order chi connectivity index (χ1) is 9.86. The van der Waals surface area contributed by atoms with E-state index in [0.717, 1.165) is 0 Å². The molecule has 0 aliphatic rings. The van der Waals surface area contributed by atoms with Crippen LogP contribution in [0, 0.1) is 36.0 Å². The molecule has 0 saturated heterocycles. The third kappa shape index (κ3) is 2.89. The van der Waals surface area contributed by atoms with Crippen LogP contribution in [-0.2, 0) is 6.42 Å². The molecule has 114 valence electrons. The van der Waals surface area contributed by atoms with E-state index < -0.39 is 40.7 Å². The van der Waals surface area contributed by atoms with E-state index in [4.69, 9.17) is 5.84 Å². The minimum atomic E-state index is -2.20. The van der Waals surface area contributed by atoms with E-state index in [0.29, 0.717) is 10.7 Å². The standard InChI is InChI=1S/C12H10F5N3S/c1-4-19-5(3-21-4)2-6(20-18)7-8(13)10(15)12(17)11(16)9(7)14/h3,6,20H,2,18H2,1H3. The van der Waals surface area contributed by atoms with Crippen LogP contribution in [0.25, 0.3) is 0 Å². The molecule has 1 unspecified atom stereocenters. The first kappa shape index (κ1) is 15.8. The first-order valence-electron chi connectivity index (χ1n) is 5.75. The van der Waals surface area contributed by atoms with Gasteiger partial charge in [0.25, 0.3) is 0 Å². The molecule has 0 bridgehead atoms. The Balaban J connectivity index is 2.47. The predicted molar refractivity (Wildman–Crippen MR) is 66.9 cm³/mol. The summed E-state index contributed by atoms with van der Waals surface area (Å²) < 4.78 is 66.8. The summed E-state index contributed by atoms with van der Waals surface area (Å²) >= 11 is 1.29. The Morgan fingerprint density at radius 3 is 2.05 bits per heavy atom. The Morgan fingerprint density at radius 1 is 1.10 bits per heavy atom. The number of hydrogen-bond donors (Lipinski definition) is 2. The second kappa shape index (κ2) is 6.04. The molecular weight excluding hydrogens is 313 g/mol. The summed E-state index contributed by atoms with van der Waals surface area (Å²) in [4.78, 5) is 4.06. The highest BCUT2D eigenvalue weighted by atomic mass is 32.1. The SMILES string of the molecule is Cc1nc(CC(NN)c2c(F)c(F)c(F)c(F)c2F)cs1. The van der Waals surface area contributed by atoms with E-state index in [9.17, 15) is 22.0 Å². The molecule has 3 N–H and O–H groups in total. The summed E-state index contributed by atoms with van der Waals surface area (Å²) in [6.45, 7) is 1.72. The molecule has 2 aromatic rings. The Morgan fingerprint density at radius 2 is 1.62 bits per heavy atom. The number of nitrogens with two attached hydrogens (primary N) is 1. The summed E-state index contributed by atoms with van der Waals surface area (Å²) in [6, 6.07) is -1.30. The van der Waals surface area contributed by atoms with Crippen molar-refractivity contribution in [3.8, 4) is 0 Å². The first-order valence-corrected chi connectivity index (χ1v) is 6.63. The lowest BCUT2D eigenvalue weighted by Gasteiger charge is -2.17. The van der Waals surface area contributed by atoms with Crippen molar-refractivity contribution >= 4 is 11.3 Å². The maximum Gasteiger partial charge on any atom is 0.200 e. The molecule has 0 radical (unpaired) electrons. The van der Waals surface area contributed by atoms with Gasteiger partial charge < -0.3 is 0 Å². The van der Waals surface area contributed by atoms with Crippen LogP contribution in [0.3, 0.4) is 0 Å². The van der Waals surface area contributed by atoms with Crippen LogP contribution in [0.2, 0.25) is 0 Å². The van der Waals surface area contributed by atoms with E-state index in [-0.39, 0.29) is 6.42 Å². The zero-order chi connectivity index (χ0) is 15.7. The van der Waals surface area contributed by atoms with Crippen LogP contribution in [0.5, 0.6) is 0 Å². The number of thiazole rings is 1. The van der Waals surface area contributed by atoms with Gasteiger partial charge >= 0.3 is 0 Å². The average molecular weight is 323 g/mol. The van der Waals surface area contributed by atoms with Gasteiger partial charge in [-0.3, -0.25) is 11.3 Å². The fourth-order valence-electron chi connectivity index (χ4n) is 1.88. The summed E-state index contributed by atoms with van der Waals surface area (Å²) in [7, 11) is 0. The van der Waals surface area contributed by atoms with E-state index in [1.54, 1.807) is 12.3 Å². The molecule has 0 aliphatic carbocycles. The maximum atomic E-state index is 13.7. The molecule has 0 aliphatic heterocycles. The number of hydrazine groups is 1. The Kier molecular flexibility index (Phi) is 4.55. The van der Waals surface area contributed by atoms with E-state index >= 15 is 0 Å². The van der Waals surface area contributed by atoms with Gasteiger partial charge in [-0.1, -0.05) is 0 Å². The van der Waals surface area contributed by atoms with Crippen LogP contribution in [0.4, 0.5) is 22.0 Å². The summed E-state index contributed by atoms with van der Waals surface area (Å²) in [5, 5.41) is 2.32. The van der Waals surface area contributed by atoms with Crippen molar-refractivity contribution in [1.82, 2.24) is 10.4 Å². The molecule has 0 amide bonds. The highest BCUT2D eigenvalue weighted by Crippen LogP contribution is 2.29. The zero-order valence-electron chi connectivity index (χ0n) is 10.7. The molecule has 21 heavy (non-hydrogen) atoms. The average Bonchev–Trinajstić information content (AvgIpc) is 2.87. The molecule has 1 aromatic heterocycles. The van der Waals surface area contributed by atoms with Gasteiger partial charge in [-0.25, -0.2) is 26.9 Å². The highest BCUT2D eigenvalue weighted by molar-refractivity contribution is 7.09. The van der Waals surface area contributed by atoms with Crippen LogP contribution in [0.1, 0.15) is 22.3 Å². The molecule has 1 atom stereocenters. The van der Waals surface area contributed by atoms with Crippen molar-refractivity contribution in [3.63, 3.8) is 0 Å². The fraction of sp³-hybridized carbons (Fsp3) is 0.250. The smallest absolute Gasteiger partial charge is 0.200 e. The van der Waals surface area contributed by atoms with Crippen molar-refractivity contribution in [2.75, 3.05) is 0 Å². The number of benzene rings is 1. The zero-order valence-corrected chi connectivity index (χ0v) is 11.5. The van der Waals surface area contributed by atoms with Crippen molar-refractivity contribution in [3.05, 3.63) is 50.7 Å². The molecule has 3 nitrogen and oxygen atoms in total. The Bertz CT molecular complexity index is 644. The largest absolute Gasteiger partial charge is 0.271 e. The van der Waals surface area contributed by atoms with Gasteiger partial charge in [0.15, 0.2) is 23.3 Å². The van der Waals surface area contributed by atoms with Gasteiger partial charge in [-0.2, -0.15) is 0 Å². The molecule has 1 heterocycles. The Labute approximate surface area is 120 Å². The lowest BCUT2D eigenvalue weighted by Crippen LogP contribution is -2.32. The molecule has 2 rings (SSSR count). The van der Waals surface area contributed by atoms with E-state index in [1.807, 2.05) is 0 Å². The number of nitrogens with one attached hydrogen (secondary N) is 1. The van der Waals surface area contributed by atoms with Gasteiger partial charge in [0, 0.05) is 17.4 Å². The second-order valence-corrected chi connectivity index (χ2v) is 5.33. The van der Waals surface area contributed by atoms with Gasteiger partial charge in [0.05, 0.1) is 16.7 Å². The van der Waals surface area contributed by atoms with Crippen molar-refractivity contribution in [2.45, 2.75) is 19.4 Å². The van der Waals surface area contributed by atoms with E-state index in [2.05, 4.69) is 10.4 Å². The third-order valence-electron chi connectivity index (χ3n) is 2.87. The minimum absolute atomic E-state index is 0.112. The lowest BCUT2D eigenvalue weighted by molar-refractivity contribution is 0.355. The van der Waals surface area contributed by atoms with Crippen LogP contribution >= 0.6 is 11.3 Å². The van der Waals surface area contributed by atoms with Crippen LogP contribution in [-0.4, -0.2) is 4.98 Å². The van der Waals surface area contributed by atoms with Crippen molar-refractivity contribution in [2.24, 2.45) is 5.84 Å². The van der Waals surface area contributed by atoms with Gasteiger partial charge in [-0.05, 0) is 6.92 Å². The number of hydrogen-bond acceptors (Lipinski definition) is 4. The molecule has 0 spiro atoms. The van der Waals surface area contributed by atoms with Crippen molar-refractivity contribution < 1.29 is 22.0 Å². The van der Waals surface area contributed by atoms with Gasteiger partial charge in [0.1, 0.15) is 0 Å². The van der Waals surface area contributed by atoms with Crippen molar-refractivity contribution in [1.29, 1.82) is 0 Å². The lowest BCUT2D eigenvalue weighted by atomic mass is 10.0. The van der Waals surface area contributed by atoms with E-state index in [1.165, 1.54) is 11.3 Å². The van der Waals surface area contributed by atoms with Gasteiger partial charge in [-0.15, -0.1) is 11.3 Å².